The number of rotatable bonds is 5. The van der Waals surface area contributed by atoms with Crippen molar-refractivity contribution in [2.24, 2.45) is 7.05 Å². The van der Waals surface area contributed by atoms with Gasteiger partial charge in [0.05, 0.1) is 0 Å². The normalized spacial score (nSPS) is 10.4. The Morgan fingerprint density at radius 3 is 2.68 bits per heavy atom. The molecule has 0 aliphatic heterocycles. The predicted molar refractivity (Wildman–Crippen MR) is 64.9 cm³/mol. The van der Waals surface area contributed by atoms with E-state index in [4.69, 9.17) is 9.52 Å². The molecule has 0 fully saturated rings. The van der Waals surface area contributed by atoms with Crippen molar-refractivity contribution in [1.29, 1.82) is 0 Å². The number of hydrogen-bond donors (Lipinski definition) is 2. The smallest absolute Gasteiger partial charge is 0.371 e. The second-order valence-corrected chi connectivity index (χ2v) is 3.92. The molecule has 0 radical (unpaired) electrons. The van der Waals surface area contributed by atoms with Crippen LogP contribution in [0.3, 0.4) is 0 Å². The molecule has 0 saturated heterocycles. The number of amides is 1. The van der Waals surface area contributed by atoms with Crippen LogP contribution in [0.4, 0.5) is 0 Å². The van der Waals surface area contributed by atoms with Gasteiger partial charge in [0, 0.05) is 31.9 Å². The fraction of sp³-hybridized carbons (Fsp3) is 0.250. The number of carboxylic acids is 1. The molecule has 7 heteroatoms. The highest BCUT2D eigenvalue weighted by atomic mass is 16.4. The van der Waals surface area contributed by atoms with Gasteiger partial charge in [-0.15, -0.1) is 0 Å². The van der Waals surface area contributed by atoms with Gasteiger partial charge in [-0.1, -0.05) is 0 Å². The van der Waals surface area contributed by atoms with Gasteiger partial charge in [-0.3, -0.25) is 9.48 Å². The highest BCUT2D eigenvalue weighted by Gasteiger charge is 2.14. The zero-order valence-corrected chi connectivity index (χ0v) is 10.3. The zero-order valence-electron chi connectivity index (χ0n) is 10.3. The van der Waals surface area contributed by atoms with Crippen molar-refractivity contribution >= 4 is 11.9 Å². The first-order valence-electron chi connectivity index (χ1n) is 5.66. The Morgan fingerprint density at radius 2 is 2.11 bits per heavy atom. The highest BCUT2D eigenvalue weighted by Crippen LogP contribution is 2.07. The number of aromatic carboxylic acids is 1. The van der Waals surface area contributed by atoms with Crippen LogP contribution in [0.25, 0.3) is 0 Å². The van der Waals surface area contributed by atoms with E-state index in [2.05, 4.69) is 10.4 Å². The van der Waals surface area contributed by atoms with E-state index in [1.807, 2.05) is 13.1 Å². The minimum absolute atomic E-state index is 0.0117. The molecule has 2 rings (SSSR count). The van der Waals surface area contributed by atoms with Gasteiger partial charge >= 0.3 is 5.97 Å². The molecule has 0 aromatic carbocycles. The summed E-state index contributed by atoms with van der Waals surface area (Å²) in [7, 11) is 1.82. The van der Waals surface area contributed by atoms with E-state index in [-0.39, 0.29) is 11.5 Å². The maximum absolute atomic E-state index is 11.7. The molecule has 0 spiro atoms. The molecule has 0 bridgehead atoms. The molecule has 2 N–H and O–H groups in total. The van der Waals surface area contributed by atoms with Gasteiger partial charge in [0.1, 0.15) is 0 Å². The number of furan rings is 1. The molecule has 7 nitrogen and oxygen atoms in total. The molecule has 0 atom stereocenters. The summed E-state index contributed by atoms with van der Waals surface area (Å²) in [5, 5.41) is 15.3. The van der Waals surface area contributed by atoms with E-state index in [0.29, 0.717) is 13.0 Å². The molecule has 2 heterocycles. The maximum atomic E-state index is 11.7. The summed E-state index contributed by atoms with van der Waals surface area (Å²) in [6.45, 7) is 0.418. The lowest BCUT2D eigenvalue weighted by Crippen LogP contribution is -2.25. The summed E-state index contributed by atoms with van der Waals surface area (Å²) in [5.41, 5.74) is 0.992. The lowest BCUT2D eigenvalue weighted by molar-refractivity contribution is 0.0659. The summed E-state index contributed by atoms with van der Waals surface area (Å²) in [6.07, 6.45) is 2.32. The van der Waals surface area contributed by atoms with Crippen LogP contribution in [0.2, 0.25) is 0 Å². The number of aryl methyl sites for hydroxylation is 1. The van der Waals surface area contributed by atoms with E-state index >= 15 is 0 Å². The molecule has 0 saturated carbocycles. The zero-order chi connectivity index (χ0) is 13.8. The summed E-state index contributed by atoms with van der Waals surface area (Å²) in [5.74, 6) is -1.90. The van der Waals surface area contributed by atoms with Gasteiger partial charge < -0.3 is 14.8 Å². The van der Waals surface area contributed by atoms with E-state index in [1.54, 1.807) is 10.9 Å². The van der Waals surface area contributed by atoms with E-state index in [0.717, 1.165) is 5.69 Å². The fourth-order valence-corrected chi connectivity index (χ4v) is 1.61. The Bertz CT molecular complexity index is 600. The Morgan fingerprint density at radius 1 is 1.37 bits per heavy atom. The van der Waals surface area contributed by atoms with Crippen molar-refractivity contribution in [3.63, 3.8) is 0 Å². The van der Waals surface area contributed by atoms with Crippen LogP contribution in [0, 0.1) is 0 Å². The van der Waals surface area contributed by atoms with E-state index in [1.165, 1.54) is 12.1 Å². The SMILES string of the molecule is Cn1nccc1CCNC(=O)c1ccc(C(=O)O)o1. The Hall–Kier alpha value is -2.57. The van der Waals surface area contributed by atoms with Crippen molar-refractivity contribution in [2.45, 2.75) is 6.42 Å². The maximum Gasteiger partial charge on any atom is 0.371 e. The summed E-state index contributed by atoms with van der Waals surface area (Å²) < 4.78 is 6.61. The topological polar surface area (TPSA) is 97.4 Å². The summed E-state index contributed by atoms with van der Waals surface area (Å²) in [4.78, 5) is 22.3. The molecule has 100 valence electrons. The molecular weight excluding hydrogens is 250 g/mol. The van der Waals surface area contributed by atoms with Crippen LogP contribution in [0.5, 0.6) is 0 Å². The Kier molecular flexibility index (Phi) is 3.65. The van der Waals surface area contributed by atoms with Crippen LogP contribution in [-0.4, -0.2) is 33.3 Å². The number of hydrogen-bond acceptors (Lipinski definition) is 4. The minimum atomic E-state index is -1.20. The number of carboxylic acid groups (broad SMARTS) is 1. The Labute approximate surface area is 108 Å². The molecule has 0 unspecified atom stereocenters. The van der Waals surface area contributed by atoms with E-state index in [9.17, 15) is 9.59 Å². The second-order valence-electron chi connectivity index (χ2n) is 3.92. The first-order chi connectivity index (χ1) is 9.08. The van der Waals surface area contributed by atoms with E-state index < -0.39 is 11.9 Å². The number of nitrogens with one attached hydrogen (secondary N) is 1. The third-order valence-electron chi connectivity index (χ3n) is 2.63. The van der Waals surface area contributed by atoms with Gasteiger partial charge in [-0.05, 0) is 18.2 Å². The number of carbonyl (C=O) groups is 2. The molecular formula is C12H13N3O4. The van der Waals surface area contributed by atoms with Crippen LogP contribution in [0.1, 0.15) is 26.8 Å². The van der Waals surface area contributed by atoms with Crippen LogP contribution in [-0.2, 0) is 13.5 Å². The van der Waals surface area contributed by atoms with Crippen LogP contribution in [0.15, 0.2) is 28.8 Å². The molecule has 19 heavy (non-hydrogen) atoms. The number of carbonyl (C=O) groups excluding carboxylic acids is 1. The molecule has 0 aliphatic rings. The third kappa shape index (κ3) is 3.01. The summed E-state index contributed by atoms with van der Waals surface area (Å²) >= 11 is 0. The lowest BCUT2D eigenvalue weighted by Gasteiger charge is -2.03. The van der Waals surface area contributed by atoms with Gasteiger partial charge in [0.2, 0.25) is 5.76 Å². The van der Waals surface area contributed by atoms with Crippen LogP contribution >= 0.6 is 0 Å². The fourth-order valence-electron chi connectivity index (χ4n) is 1.61. The van der Waals surface area contributed by atoms with Crippen LogP contribution < -0.4 is 5.32 Å². The molecule has 2 aromatic heterocycles. The first kappa shape index (κ1) is 12.9. The van der Waals surface area contributed by atoms with Crippen molar-refractivity contribution in [3.8, 4) is 0 Å². The second kappa shape index (κ2) is 5.38. The quantitative estimate of drug-likeness (QED) is 0.826. The van der Waals surface area contributed by atoms with Crippen molar-refractivity contribution in [1.82, 2.24) is 15.1 Å². The predicted octanol–water partition coefficient (Wildman–Crippen LogP) is 0.684. The largest absolute Gasteiger partial charge is 0.475 e. The number of aromatic nitrogens is 2. The van der Waals surface area contributed by atoms with Gasteiger partial charge in [0.15, 0.2) is 5.76 Å². The lowest BCUT2D eigenvalue weighted by atomic mass is 10.3. The third-order valence-corrected chi connectivity index (χ3v) is 2.63. The molecule has 0 aliphatic carbocycles. The van der Waals surface area contributed by atoms with Crippen molar-refractivity contribution < 1.29 is 19.1 Å². The van der Waals surface area contributed by atoms with Crippen molar-refractivity contribution in [2.75, 3.05) is 6.54 Å². The Balaban J connectivity index is 1.87. The van der Waals surface area contributed by atoms with Gasteiger partial charge in [0.25, 0.3) is 5.91 Å². The minimum Gasteiger partial charge on any atom is -0.475 e. The average Bonchev–Trinajstić information content (AvgIpc) is 2.98. The molecule has 1 amide bonds. The summed E-state index contributed by atoms with van der Waals surface area (Å²) in [6, 6.07) is 4.45. The van der Waals surface area contributed by atoms with Crippen molar-refractivity contribution in [3.05, 3.63) is 41.6 Å². The number of nitrogens with zero attached hydrogens (tertiary/aromatic N) is 2. The molecule has 2 aromatic rings. The van der Waals surface area contributed by atoms with Gasteiger partial charge in [-0.2, -0.15) is 5.10 Å². The highest BCUT2D eigenvalue weighted by molar-refractivity contribution is 5.93. The van der Waals surface area contributed by atoms with Gasteiger partial charge in [-0.25, -0.2) is 4.79 Å². The first-order valence-corrected chi connectivity index (χ1v) is 5.66. The average molecular weight is 263 g/mol. The standard InChI is InChI=1S/C12H13N3O4/c1-15-8(5-7-14-15)4-6-13-11(16)9-2-3-10(19-9)12(17)18/h2-3,5,7H,4,6H2,1H3,(H,13,16)(H,17,18). The monoisotopic (exact) mass is 263 g/mol.